The van der Waals surface area contributed by atoms with E-state index in [1.165, 1.54) is 78.6 Å². The van der Waals surface area contributed by atoms with Crippen molar-refractivity contribution in [3.63, 3.8) is 0 Å². The van der Waals surface area contributed by atoms with Crippen molar-refractivity contribution in [2.45, 2.75) is 0 Å². The molecule has 0 unspecified atom stereocenters. The lowest BCUT2D eigenvalue weighted by molar-refractivity contribution is 1.18. The normalized spacial score (nSPS) is 12.3. The van der Waals surface area contributed by atoms with E-state index >= 15 is 0 Å². The number of para-hydroxylation sites is 2. The highest BCUT2D eigenvalue weighted by Crippen LogP contribution is 2.48. The SMILES string of the molecule is c1ccc(-n2c3ccccc3c3c4sc5ccc6ccc7sc8ccccc8c7c6c5c4ccc32)cc1. The summed E-state index contributed by atoms with van der Waals surface area (Å²) in [7, 11) is 0. The first-order valence-electron chi connectivity index (χ1n) is 12.5. The molecule has 0 atom stereocenters. The van der Waals surface area contributed by atoms with E-state index in [-0.39, 0.29) is 0 Å². The molecule has 0 amide bonds. The topological polar surface area (TPSA) is 4.93 Å². The number of hydrogen-bond donors (Lipinski definition) is 0. The van der Waals surface area contributed by atoms with Crippen LogP contribution in [-0.2, 0) is 0 Å². The first kappa shape index (κ1) is 19.9. The Morgan fingerprint density at radius 3 is 1.97 bits per heavy atom. The van der Waals surface area contributed by atoms with Crippen molar-refractivity contribution in [2.24, 2.45) is 0 Å². The molecule has 9 aromatic rings. The van der Waals surface area contributed by atoms with Gasteiger partial charge < -0.3 is 4.57 Å². The van der Waals surface area contributed by atoms with Gasteiger partial charge in [-0.15, -0.1) is 22.7 Å². The Morgan fingerprint density at radius 2 is 1.11 bits per heavy atom. The number of rotatable bonds is 1. The molecule has 0 aliphatic heterocycles. The molecule has 0 fully saturated rings. The van der Waals surface area contributed by atoms with E-state index in [4.69, 9.17) is 0 Å². The standard InChI is InChI=1S/C34H19NS2/c1-2-8-21(9-3-1)35-25-12-6-4-10-22(25)31-26(35)17-16-24-33-29(37-34(24)31)19-15-20-14-18-28-32(30(20)33)23-11-5-7-13-27(23)36-28/h1-19H. The van der Waals surface area contributed by atoms with Crippen molar-refractivity contribution in [3.8, 4) is 5.69 Å². The molecule has 0 aliphatic rings. The monoisotopic (exact) mass is 505 g/mol. The van der Waals surface area contributed by atoms with E-state index in [0.29, 0.717) is 0 Å². The van der Waals surface area contributed by atoms with Gasteiger partial charge in [0.05, 0.1) is 11.0 Å². The van der Waals surface area contributed by atoms with Gasteiger partial charge in [-0.1, -0.05) is 72.8 Å². The molecule has 0 aliphatic carbocycles. The first-order chi connectivity index (χ1) is 18.4. The fraction of sp³-hybridized carbons (Fsp3) is 0. The van der Waals surface area contributed by atoms with Crippen LogP contribution in [0.25, 0.3) is 78.6 Å². The van der Waals surface area contributed by atoms with Gasteiger partial charge in [-0.25, -0.2) is 0 Å². The van der Waals surface area contributed by atoms with Crippen LogP contribution in [0.4, 0.5) is 0 Å². The molecule has 172 valence electrons. The van der Waals surface area contributed by atoms with Crippen LogP contribution in [-0.4, -0.2) is 4.57 Å². The third kappa shape index (κ3) is 2.58. The zero-order valence-corrected chi connectivity index (χ0v) is 21.4. The van der Waals surface area contributed by atoms with Crippen LogP contribution < -0.4 is 0 Å². The van der Waals surface area contributed by atoms with E-state index in [0.717, 1.165) is 0 Å². The first-order valence-corrected chi connectivity index (χ1v) is 14.2. The predicted octanol–water partition coefficient (Wildman–Crippen LogP) is 10.7. The van der Waals surface area contributed by atoms with Crippen LogP contribution >= 0.6 is 22.7 Å². The number of nitrogens with zero attached hydrogens (tertiary/aromatic N) is 1. The minimum absolute atomic E-state index is 1.20. The predicted molar refractivity (Wildman–Crippen MR) is 164 cm³/mol. The fourth-order valence-electron chi connectivity index (χ4n) is 6.26. The van der Waals surface area contributed by atoms with Crippen molar-refractivity contribution in [3.05, 3.63) is 115 Å². The molecule has 3 aromatic heterocycles. The molecule has 0 bridgehead atoms. The third-order valence-electron chi connectivity index (χ3n) is 7.77. The number of fused-ring (bicyclic) bond motifs is 13. The van der Waals surface area contributed by atoms with E-state index in [2.05, 4.69) is 120 Å². The van der Waals surface area contributed by atoms with Crippen molar-refractivity contribution < 1.29 is 0 Å². The van der Waals surface area contributed by atoms with Crippen LogP contribution in [0.3, 0.4) is 0 Å². The molecule has 0 saturated heterocycles. The van der Waals surface area contributed by atoms with Gasteiger partial charge >= 0.3 is 0 Å². The molecular formula is C34H19NS2. The summed E-state index contributed by atoms with van der Waals surface area (Å²) in [4.78, 5) is 0. The molecule has 6 aromatic carbocycles. The van der Waals surface area contributed by atoms with Crippen molar-refractivity contribution in [1.29, 1.82) is 0 Å². The quantitative estimate of drug-likeness (QED) is 0.209. The maximum absolute atomic E-state index is 2.41. The van der Waals surface area contributed by atoms with E-state index in [9.17, 15) is 0 Å². The summed E-state index contributed by atoms with van der Waals surface area (Å²) < 4.78 is 7.87. The highest BCUT2D eigenvalue weighted by molar-refractivity contribution is 7.27. The Kier molecular flexibility index (Phi) is 3.88. The summed E-state index contributed by atoms with van der Waals surface area (Å²) in [6, 6.07) is 42.4. The van der Waals surface area contributed by atoms with Crippen molar-refractivity contribution in [1.82, 2.24) is 4.57 Å². The van der Waals surface area contributed by atoms with Crippen molar-refractivity contribution in [2.75, 3.05) is 0 Å². The lowest BCUT2D eigenvalue weighted by Gasteiger charge is -2.07. The largest absolute Gasteiger partial charge is 0.309 e. The van der Waals surface area contributed by atoms with Crippen LogP contribution in [0.2, 0.25) is 0 Å². The zero-order valence-electron chi connectivity index (χ0n) is 19.7. The Morgan fingerprint density at radius 1 is 0.405 bits per heavy atom. The summed E-state index contributed by atoms with van der Waals surface area (Å²) in [5, 5.41) is 10.9. The van der Waals surface area contributed by atoms with Gasteiger partial charge in [-0.3, -0.25) is 0 Å². The summed E-state index contributed by atoms with van der Waals surface area (Å²) >= 11 is 3.83. The Bertz CT molecular complexity index is 2350. The molecule has 9 rings (SSSR count). The number of thiophene rings is 2. The van der Waals surface area contributed by atoms with Crippen LogP contribution in [0.5, 0.6) is 0 Å². The average molecular weight is 506 g/mol. The molecule has 1 nitrogen and oxygen atoms in total. The Hall–Kier alpha value is -4.18. The van der Waals surface area contributed by atoms with Crippen molar-refractivity contribution >= 4 is 95.6 Å². The molecule has 0 spiro atoms. The molecular weight excluding hydrogens is 487 g/mol. The van der Waals surface area contributed by atoms with Crippen LogP contribution in [0, 0.1) is 0 Å². The molecule has 3 heteroatoms. The second-order valence-corrected chi connectivity index (χ2v) is 11.8. The highest BCUT2D eigenvalue weighted by Gasteiger charge is 2.19. The lowest BCUT2D eigenvalue weighted by Crippen LogP contribution is -1.92. The minimum atomic E-state index is 1.20. The number of hydrogen-bond acceptors (Lipinski definition) is 2. The second kappa shape index (κ2) is 7.19. The lowest BCUT2D eigenvalue weighted by atomic mass is 9.98. The van der Waals surface area contributed by atoms with Gasteiger partial charge in [0.2, 0.25) is 0 Å². The maximum atomic E-state index is 2.41. The molecule has 3 heterocycles. The minimum Gasteiger partial charge on any atom is -0.309 e. The van der Waals surface area contributed by atoms with Gasteiger partial charge in [0.15, 0.2) is 0 Å². The van der Waals surface area contributed by atoms with E-state index in [1.807, 2.05) is 22.7 Å². The number of aromatic nitrogens is 1. The Balaban J connectivity index is 1.52. The van der Waals surface area contributed by atoms with Gasteiger partial charge in [0.25, 0.3) is 0 Å². The highest BCUT2D eigenvalue weighted by atomic mass is 32.1. The summed E-state index contributed by atoms with van der Waals surface area (Å²) in [6.45, 7) is 0. The van der Waals surface area contributed by atoms with Crippen LogP contribution in [0.1, 0.15) is 0 Å². The summed E-state index contributed by atoms with van der Waals surface area (Å²) in [5.74, 6) is 0. The van der Waals surface area contributed by atoms with Gasteiger partial charge in [-0.05, 0) is 47.9 Å². The van der Waals surface area contributed by atoms with Gasteiger partial charge in [-0.2, -0.15) is 0 Å². The third-order valence-corrected chi connectivity index (χ3v) is 10.1. The molecule has 0 saturated carbocycles. The molecule has 0 N–H and O–H groups in total. The molecule has 0 radical (unpaired) electrons. The Labute approximate surface area is 220 Å². The fourth-order valence-corrected chi connectivity index (χ4v) is 8.64. The average Bonchev–Trinajstić information content (AvgIpc) is 3.62. The zero-order chi connectivity index (χ0) is 24.1. The van der Waals surface area contributed by atoms with E-state index < -0.39 is 0 Å². The summed E-state index contributed by atoms with van der Waals surface area (Å²) in [6.07, 6.45) is 0. The van der Waals surface area contributed by atoms with Gasteiger partial charge in [0, 0.05) is 62.2 Å². The maximum Gasteiger partial charge on any atom is 0.0555 e. The number of benzene rings is 6. The smallest absolute Gasteiger partial charge is 0.0555 e. The van der Waals surface area contributed by atoms with Crippen LogP contribution in [0.15, 0.2) is 115 Å². The molecule has 37 heavy (non-hydrogen) atoms. The van der Waals surface area contributed by atoms with Gasteiger partial charge in [0.1, 0.15) is 0 Å². The summed E-state index contributed by atoms with van der Waals surface area (Å²) in [5.41, 5.74) is 3.72. The second-order valence-electron chi connectivity index (χ2n) is 9.70. The van der Waals surface area contributed by atoms with E-state index in [1.54, 1.807) is 0 Å².